The summed E-state index contributed by atoms with van der Waals surface area (Å²) in [6, 6.07) is 4.18. The van der Waals surface area contributed by atoms with Crippen molar-refractivity contribution >= 4 is 0 Å². The summed E-state index contributed by atoms with van der Waals surface area (Å²) < 4.78 is 0. The Morgan fingerprint density at radius 2 is 1.74 bits per heavy atom. The van der Waals surface area contributed by atoms with E-state index in [4.69, 9.17) is 0 Å². The standard InChI is InChI=1S/C17H29NO/c1-14(12-15-7-10-18-11-8-15)6-9-17(5,13-19)16(2,3)4/h7-8,10-11,14,19H,6,9,12-13H2,1-5H3. The molecule has 0 radical (unpaired) electrons. The number of hydrogen-bond donors (Lipinski definition) is 1. The zero-order chi connectivity index (χ0) is 14.5. The zero-order valence-electron chi connectivity index (χ0n) is 13.1. The van der Waals surface area contributed by atoms with Gasteiger partial charge < -0.3 is 5.11 Å². The van der Waals surface area contributed by atoms with Crippen molar-refractivity contribution in [1.29, 1.82) is 0 Å². The van der Waals surface area contributed by atoms with Crippen molar-refractivity contribution in [3.05, 3.63) is 30.1 Å². The van der Waals surface area contributed by atoms with Gasteiger partial charge in [-0.2, -0.15) is 0 Å². The molecule has 0 saturated carbocycles. The molecule has 0 aliphatic heterocycles. The smallest absolute Gasteiger partial charge is 0.0489 e. The lowest BCUT2D eigenvalue weighted by Crippen LogP contribution is -2.36. The van der Waals surface area contributed by atoms with Crippen molar-refractivity contribution in [2.45, 2.75) is 53.9 Å². The van der Waals surface area contributed by atoms with E-state index in [1.54, 1.807) is 0 Å². The van der Waals surface area contributed by atoms with Gasteiger partial charge in [0.25, 0.3) is 0 Å². The maximum Gasteiger partial charge on any atom is 0.0489 e. The molecule has 0 bridgehead atoms. The van der Waals surface area contributed by atoms with Gasteiger partial charge in [-0.05, 0) is 53.7 Å². The second-order valence-corrected chi connectivity index (χ2v) is 7.17. The molecule has 1 aromatic rings. The molecule has 2 atom stereocenters. The highest BCUT2D eigenvalue weighted by Crippen LogP contribution is 2.42. The molecule has 0 aliphatic rings. The number of aliphatic hydroxyl groups excluding tert-OH is 1. The largest absolute Gasteiger partial charge is 0.396 e. The third-order valence-electron chi connectivity index (χ3n) is 4.68. The van der Waals surface area contributed by atoms with Gasteiger partial charge in [-0.25, -0.2) is 0 Å². The summed E-state index contributed by atoms with van der Waals surface area (Å²) in [4.78, 5) is 4.05. The number of hydrogen-bond acceptors (Lipinski definition) is 2. The molecule has 0 saturated heterocycles. The van der Waals surface area contributed by atoms with Gasteiger partial charge in [0, 0.05) is 19.0 Å². The number of rotatable bonds is 6. The van der Waals surface area contributed by atoms with Crippen molar-refractivity contribution in [3.63, 3.8) is 0 Å². The molecule has 0 spiro atoms. The van der Waals surface area contributed by atoms with E-state index in [-0.39, 0.29) is 17.4 Å². The van der Waals surface area contributed by atoms with Gasteiger partial charge in [0.1, 0.15) is 0 Å². The lowest BCUT2D eigenvalue weighted by molar-refractivity contribution is 0.0193. The Hall–Kier alpha value is -0.890. The van der Waals surface area contributed by atoms with Gasteiger partial charge in [0.15, 0.2) is 0 Å². The lowest BCUT2D eigenvalue weighted by atomic mass is 9.65. The van der Waals surface area contributed by atoms with E-state index >= 15 is 0 Å². The van der Waals surface area contributed by atoms with Crippen LogP contribution in [0.5, 0.6) is 0 Å². The average Bonchev–Trinajstić information content (AvgIpc) is 2.36. The number of aromatic nitrogens is 1. The van der Waals surface area contributed by atoms with Crippen LogP contribution < -0.4 is 0 Å². The van der Waals surface area contributed by atoms with E-state index in [0.717, 1.165) is 19.3 Å². The van der Waals surface area contributed by atoms with Gasteiger partial charge in [0.2, 0.25) is 0 Å². The molecule has 1 N–H and O–H groups in total. The van der Waals surface area contributed by atoms with Crippen LogP contribution in [0.2, 0.25) is 0 Å². The molecule has 19 heavy (non-hydrogen) atoms. The highest BCUT2D eigenvalue weighted by Gasteiger charge is 2.36. The van der Waals surface area contributed by atoms with Crippen LogP contribution in [-0.2, 0) is 6.42 Å². The molecule has 1 aromatic heterocycles. The SMILES string of the molecule is CC(CCC(C)(CO)C(C)(C)C)Cc1ccncc1. The average molecular weight is 263 g/mol. The minimum Gasteiger partial charge on any atom is -0.396 e. The first-order chi connectivity index (χ1) is 8.78. The summed E-state index contributed by atoms with van der Waals surface area (Å²) in [7, 11) is 0. The molecule has 108 valence electrons. The first kappa shape index (κ1) is 16.2. The highest BCUT2D eigenvalue weighted by molar-refractivity contribution is 5.10. The Kier molecular flexibility index (Phi) is 5.54. The van der Waals surface area contributed by atoms with Crippen LogP contribution in [0.3, 0.4) is 0 Å². The Bertz CT molecular complexity index is 369. The third kappa shape index (κ3) is 4.61. The van der Waals surface area contributed by atoms with Crippen LogP contribution in [0.15, 0.2) is 24.5 Å². The quantitative estimate of drug-likeness (QED) is 0.838. The summed E-state index contributed by atoms with van der Waals surface area (Å²) >= 11 is 0. The van der Waals surface area contributed by atoms with Crippen LogP contribution in [0.25, 0.3) is 0 Å². The fourth-order valence-corrected chi connectivity index (χ4v) is 2.28. The van der Waals surface area contributed by atoms with E-state index in [9.17, 15) is 5.11 Å². The Labute approximate surface area is 118 Å². The molecule has 0 fully saturated rings. The fourth-order valence-electron chi connectivity index (χ4n) is 2.28. The highest BCUT2D eigenvalue weighted by atomic mass is 16.3. The van der Waals surface area contributed by atoms with Crippen LogP contribution in [0.4, 0.5) is 0 Å². The lowest BCUT2D eigenvalue weighted by Gasteiger charge is -2.41. The maximum absolute atomic E-state index is 9.72. The zero-order valence-corrected chi connectivity index (χ0v) is 13.1. The van der Waals surface area contributed by atoms with E-state index in [0.29, 0.717) is 5.92 Å². The van der Waals surface area contributed by atoms with Crippen molar-refractivity contribution in [2.75, 3.05) is 6.61 Å². The predicted octanol–water partition coefficient (Wildman–Crippen LogP) is 4.09. The summed E-state index contributed by atoms with van der Waals surface area (Å²) in [5, 5.41) is 9.72. The minimum absolute atomic E-state index is 0.000493. The van der Waals surface area contributed by atoms with Crippen LogP contribution in [0, 0.1) is 16.7 Å². The second-order valence-electron chi connectivity index (χ2n) is 7.17. The molecule has 2 nitrogen and oxygen atoms in total. The van der Waals surface area contributed by atoms with Crippen LogP contribution in [0.1, 0.15) is 53.0 Å². The van der Waals surface area contributed by atoms with Gasteiger partial charge in [-0.15, -0.1) is 0 Å². The summed E-state index contributed by atoms with van der Waals surface area (Å²) in [5.41, 5.74) is 1.49. The van der Waals surface area contributed by atoms with Crippen molar-refractivity contribution in [1.82, 2.24) is 4.98 Å². The van der Waals surface area contributed by atoms with Crippen LogP contribution >= 0.6 is 0 Å². The van der Waals surface area contributed by atoms with Crippen molar-refractivity contribution in [2.24, 2.45) is 16.7 Å². The second kappa shape index (κ2) is 6.51. The molecule has 0 aromatic carbocycles. The van der Waals surface area contributed by atoms with Gasteiger partial charge >= 0.3 is 0 Å². The number of aliphatic hydroxyl groups is 1. The van der Waals surface area contributed by atoms with Crippen LogP contribution in [-0.4, -0.2) is 16.7 Å². The molecule has 2 unspecified atom stereocenters. The van der Waals surface area contributed by atoms with Gasteiger partial charge in [-0.1, -0.05) is 34.6 Å². The van der Waals surface area contributed by atoms with E-state index in [2.05, 4.69) is 51.7 Å². The summed E-state index contributed by atoms with van der Waals surface area (Å²) in [5.74, 6) is 0.635. The predicted molar refractivity (Wildman–Crippen MR) is 81.0 cm³/mol. The third-order valence-corrected chi connectivity index (χ3v) is 4.68. The fraction of sp³-hybridized carbons (Fsp3) is 0.706. The molecule has 2 heteroatoms. The first-order valence-electron chi connectivity index (χ1n) is 7.28. The monoisotopic (exact) mass is 263 g/mol. The van der Waals surface area contributed by atoms with E-state index in [1.165, 1.54) is 5.56 Å². The van der Waals surface area contributed by atoms with E-state index < -0.39 is 0 Å². The normalized spacial score (nSPS) is 16.9. The maximum atomic E-state index is 9.72. The molecular formula is C17H29NO. The first-order valence-corrected chi connectivity index (χ1v) is 7.28. The van der Waals surface area contributed by atoms with Crippen molar-refractivity contribution < 1.29 is 5.11 Å². The minimum atomic E-state index is -0.000493. The molecule has 0 amide bonds. The molecule has 1 rings (SSSR count). The van der Waals surface area contributed by atoms with Gasteiger partial charge in [0.05, 0.1) is 0 Å². The Morgan fingerprint density at radius 3 is 2.21 bits per heavy atom. The van der Waals surface area contributed by atoms with E-state index in [1.807, 2.05) is 12.4 Å². The van der Waals surface area contributed by atoms with Crippen molar-refractivity contribution in [3.8, 4) is 0 Å². The molecule has 1 heterocycles. The molecular weight excluding hydrogens is 234 g/mol. The Morgan fingerprint density at radius 1 is 1.16 bits per heavy atom. The Balaban J connectivity index is 2.52. The summed E-state index contributed by atoms with van der Waals surface area (Å²) in [6.07, 6.45) is 7.02. The topological polar surface area (TPSA) is 33.1 Å². The van der Waals surface area contributed by atoms with Gasteiger partial charge in [-0.3, -0.25) is 4.98 Å². The molecule has 0 aliphatic carbocycles. The summed E-state index contributed by atoms with van der Waals surface area (Å²) in [6.45, 7) is 11.4. The number of nitrogens with zero attached hydrogens (tertiary/aromatic N) is 1. The number of pyridine rings is 1.